The molecule has 1 aromatic heterocycles. The van der Waals surface area contributed by atoms with Gasteiger partial charge in [0.2, 0.25) is 10.0 Å². The fourth-order valence-electron chi connectivity index (χ4n) is 3.84. The molecule has 1 heterocycles. The van der Waals surface area contributed by atoms with Crippen LogP contribution in [0, 0.1) is 0 Å². The number of aromatic nitrogens is 1. The zero-order valence-corrected chi connectivity index (χ0v) is 24.7. The summed E-state index contributed by atoms with van der Waals surface area (Å²) in [6.07, 6.45) is 2.03. The summed E-state index contributed by atoms with van der Waals surface area (Å²) in [5.41, 5.74) is 1.30. The number of anilines is 1. The normalized spacial score (nSPS) is 11.8. The van der Waals surface area contributed by atoms with E-state index < -0.39 is 10.0 Å². The maximum atomic E-state index is 13.7. The van der Waals surface area contributed by atoms with E-state index in [0.29, 0.717) is 30.3 Å². The van der Waals surface area contributed by atoms with Gasteiger partial charge in [-0.25, -0.2) is 13.4 Å². The number of carbonyl (C=O) groups excluding carboxylic acids is 1. The van der Waals surface area contributed by atoms with Crippen LogP contribution in [0.3, 0.4) is 0 Å². The van der Waals surface area contributed by atoms with Crippen molar-refractivity contribution in [2.45, 2.75) is 37.5 Å². The van der Waals surface area contributed by atoms with Crippen LogP contribution in [0.1, 0.15) is 38.1 Å². The maximum absolute atomic E-state index is 13.7. The third-order valence-electron chi connectivity index (χ3n) is 6.04. The van der Waals surface area contributed by atoms with E-state index in [0.717, 1.165) is 34.7 Å². The van der Waals surface area contributed by atoms with E-state index in [4.69, 9.17) is 4.98 Å². The lowest BCUT2D eigenvalue weighted by Crippen LogP contribution is -2.39. The molecule has 1 amide bonds. The number of hydrogen-bond acceptors (Lipinski definition) is 7. The molecule has 36 heavy (non-hydrogen) atoms. The molecule has 11 heteroatoms. The van der Waals surface area contributed by atoms with E-state index in [2.05, 4.69) is 24.8 Å². The largest absolute Gasteiger partial charge is 0.302 e. The monoisotopic (exact) mass is 570 g/mol. The second kappa shape index (κ2) is 13.7. The van der Waals surface area contributed by atoms with Gasteiger partial charge in [-0.15, -0.1) is 24.2 Å². The summed E-state index contributed by atoms with van der Waals surface area (Å²) in [4.78, 5) is 23.7. The minimum absolute atomic E-state index is 0. The van der Waals surface area contributed by atoms with Gasteiger partial charge >= 0.3 is 0 Å². The van der Waals surface area contributed by atoms with Gasteiger partial charge in [-0.2, -0.15) is 4.31 Å². The van der Waals surface area contributed by atoms with Crippen LogP contribution in [0.2, 0.25) is 0 Å². The van der Waals surface area contributed by atoms with Gasteiger partial charge in [0.25, 0.3) is 5.91 Å². The number of sulfonamides is 1. The highest BCUT2D eigenvalue weighted by Crippen LogP contribution is 2.32. The summed E-state index contributed by atoms with van der Waals surface area (Å²) in [7, 11) is -3.58. The Morgan fingerprint density at radius 3 is 2.14 bits per heavy atom. The Morgan fingerprint density at radius 1 is 0.944 bits per heavy atom. The molecule has 0 saturated heterocycles. The van der Waals surface area contributed by atoms with Gasteiger partial charge in [-0.3, -0.25) is 9.69 Å². The molecule has 0 atom stereocenters. The van der Waals surface area contributed by atoms with Crippen molar-refractivity contribution in [2.24, 2.45) is 0 Å². The molecule has 0 bridgehead atoms. The van der Waals surface area contributed by atoms with E-state index in [1.807, 2.05) is 32.2 Å². The van der Waals surface area contributed by atoms with Crippen LogP contribution in [0.5, 0.6) is 0 Å². The van der Waals surface area contributed by atoms with Crippen molar-refractivity contribution in [3.63, 3.8) is 0 Å². The number of amides is 1. The van der Waals surface area contributed by atoms with Gasteiger partial charge < -0.3 is 4.90 Å². The molecule has 0 aliphatic carbocycles. The molecule has 0 unspecified atom stereocenters. The highest BCUT2D eigenvalue weighted by Gasteiger charge is 2.25. The van der Waals surface area contributed by atoms with Crippen molar-refractivity contribution in [1.29, 1.82) is 0 Å². The highest BCUT2D eigenvalue weighted by atomic mass is 35.5. The molecule has 0 saturated carbocycles. The highest BCUT2D eigenvalue weighted by molar-refractivity contribution is 7.98. The van der Waals surface area contributed by atoms with Crippen LogP contribution in [0.4, 0.5) is 5.13 Å². The topological polar surface area (TPSA) is 73.8 Å². The standard InChI is InChI=1S/C25H34N4O3S3.ClH/c1-6-27(7-2)16-17-29(25-26-22-15-12-20(33-5)18-23(22)34-25)24(30)19-10-13-21(14-11-19)35(31,32)28(8-3)9-4;/h10-15,18H,6-9,16-17H2,1-5H3;1H. The number of likely N-dealkylation sites (N-methyl/N-ethyl adjacent to an activating group) is 1. The summed E-state index contributed by atoms with van der Waals surface area (Å²) >= 11 is 3.17. The van der Waals surface area contributed by atoms with E-state index in [9.17, 15) is 13.2 Å². The molecule has 0 aliphatic heterocycles. The lowest BCUT2D eigenvalue weighted by Gasteiger charge is -2.25. The van der Waals surface area contributed by atoms with Crippen molar-refractivity contribution >= 4 is 66.8 Å². The third kappa shape index (κ3) is 6.79. The molecule has 0 radical (unpaired) electrons. The molecule has 2 aromatic carbocycles. The van der Waals surface area contributed by atoms with Crippen molar-refractivity contribution in [3.05, 3.63) is 48.0 Å². The second-order valence-electron chi connectivity index (χ2n) is 7.93. The molecule has 0 spiro atoms. The summed E-state index contributed by atoms with van der Waals surface area (Å²) in [6.45, 7) is 11.6. The van der Waals surface area contributed by atoms with E-state index in [-0.39, 0.29) is 23.2 Å². The first-order valence-corrected chi connectivity index (χ1v) is 15.4. The minimum Gasteiger partial charge on any atom is -0.302 e. The van der Waals surface area contributed by atoms with Crippen LogP contribution < -0.4 is 4.90 Å². The maximum Gasteiger partial charge on any atom is 0.260 e. The summed E-state index contributed by atoms with van der Waals surface area (Å²) in [6, 6.07) is 12.4. The van der Waals surface area contributed by atoms with Crippen LogP contribution >= 0.6 is 35.5 Å². The molecular weight excluding hydrogens is 536 g/mol. The van der Waals surface area contributed by atoms with Crippen molar-refractivity contribution in [2.75, 3.05) is 50.4 Å². The van der Waals surface area contributed by atoms with Gasteiger partial charge in [0.05, 0.1) is 15.1 Å². The van der Waals surface area contributed by atoms with Crippen LogP contribution in [-0.2, 0) is 10.0 Å². The summed E-state index contributed by atoms with van der Waals surface area (Å²) < 4.78 is 28.1. The first-order valence-electron chi connectivity index (χ1n) is 11.9. The average Bonchev–Trinajstić information content (AvgIpc) is 3.30. The van der Waals surface area contributed by atoms with E-state index in [1.54, 1.807) is 28.8 Å². The molecule has 3 rings (SSSR count). The quantitative estimate of drug-likeness (QED) is 0.269. The van der Waals surface area contributed by atoms with Crippen molar-refractivity contribution in [1.82, 2.24) is 14.2 Å². The Morgan fingerprint density at radius 2 is 1.58 bits per heavy atom. The molecule has 0 aliphatic rings. The molecule has 7 nitrogen and oxygen atoms in total. The Labute approximate surface area is 229 Å². The number of thiazole rings is 1. The molecule has 198 valence electrons. The molecule has 0 N–H and O–H groups in total. The van der Waals surface area contributed by atoms with Gasteiger partial charge in [0.1, 0.15) is 0 Å². The SMILES string of the molecule is CCN(CC)CCN(C(=O)c1ccc(S(=O)(=O)N(CC)CC)cc1)c1nc2ccc(SC)cc2s1.Cl. The summed E-state index contributed by atoms with van der Waals surface area (Å²) in [5, 5.41) is 0.648. The average molecular weight is 571 g/mol. The summed E-state index contributed by atoms with van der Waals surface area (Å²) in [5.74, 6) is -0.187. The first kappa shape index (κ1) is 30.5. The number of fused-ring (bicyclic) bond motifs is 1. The predicted molar refractivity (Wildman–Crippen MR) is 155 cm³/mol. The lowest BCUT2D eigenvalue weighted by atomic mass is 10.2. The fraction of sp³-hybridized carbons (Fsp3) is 0.440. The smallest absolute Gasteiger partial charge is 0.260 e. The number of halogens is 1. The van der Waals surface area contributed by atoms with Crippen LogP contribution in [-0.4, -0.2) is 74.0 Å². The zero-order valence-electron chi connectivity index (χ0n) is 21.4. The number of benzene rings is 2. The number of hydrogen-bond donors (Lipinski definition) is 0. The van der Waals surface area contributed by atoms with Gasteiger partial charge in [-0.05, 0) is 61.8 Å². The minimum atomic E-state index is -3.58. The fourth-order valence-corrected chi connectivity index (χ4v) is 6.84. The van der Waals surface area contributed by atoms with Crippen molar-refractivity contribution < 1.29 is 13.2 Å². The molecule has 0 fully saturated rings. The van der Waals surface area contributed by atoms with E-state index >= 15 is 0 Å². The Bertz CT molecular complexity index is 1240. The third-order valence-corrected chi connectivity index (χ3v) is 9.87. The molecule has 3 aromatic rings. The zero-order chi connectivity index (χ0) is 25.6. The second-order valence-corrected chi connectivity index (χ2v) is 11.8. The number of nitrogens with zero attached hydrogens (tertiary/aromatic N) is 4. The number of rotatable bonds is 12. The number of thioether (sulfide) groups is 1. The Kier molecular flexibility index (Phi) is 11.7. The van der Waals surface area contributed by atoms with Gasteiger partial charge in [0, 0.05) is 36.6 Å². The Hall–Kier alpha value is -1.69. The predicted octanol–water partition coefficient (Wildman–Crippen LogP) is 5.46. The van der Waals surface area contributed by atoms with Crippen LogP contribution in [0.25, 0.3) is 10.2 Å². The van der Waals surface area contributed by atoms with Gasteiger partial charge in [0.15, 0.2) is 5.13 Å². The lowest BCUT2D eigenvalue weighted by molar-refractivity contribution is 0.0983. The van der Waals surface area contributed by atoms with Crippen LogP contribution in [0.15, 0.2) is 52.3 Å². The first-order chi connectivity index (χ1) is 16.8. The van der Waals surface area contributed by atoms with Crippen molar-refractivity contribution in [3.8, 4) is 0 Å². The van der Waals surface area contributed by atoms with E-state index in [1.165, 1.54) is 27.8 Å². The van der Waals surface area contributed by atoms with Gasteiger partial charge in [-0.1, -0.05) is 39.0 Å². The number of carbonyl (C=O) groups is 1. The molecular formula is C25H35ClN4O3S3. The Balaban J connectivity index is 0.00000456.